The van der Waals surface area contributed by atoms with Gasteiger partial charge in [-0.1, -0.05) is 103 Å². The number of para-hydroxylation sites is 2. The summed E-state index contributed by atoms with van der Waals surface area (Å²) in [6, 6.07) is 55.7. The molecule has 0 spiro atoms. The van der Waals surface area contributed by atoms with Gasteiger partial charge in [-0.25, -0.2) is 4.98 Å². The Morgan fingerprint density at radius 3 is 2.00 bits per heavy atom. The van der Waals surface area contributed by atoms with Gasteiger partial charge in [-0.15, -0.1) is 0 Å². The predicted molar refractivity (Wildman–Crippen MR) is 194 cm³/mol. The minimum Gasteiger partial charge on any atom is -0.436 e. The summed E-state index contributed by atoms with van der Waals surface area (Å²) in [4.78, 5) is 8.66. The van der Waals surface area contributed by atoms with E-state index >= 15 is 0 Å². The molecule has 0 bridgehead atoms. The van der Waals surface area contributed by atoms with Crippen molar-refractivity contribution < 1.29 is 4.42 Å². The third-order valence-corrected chi connectivity index (χ3v) is 9.34. The fraction of sp³-hybridized carbons (Fsp3) is 0. The van der Waals surface area contributed by atoms with Crippen LogP contribution in [0.5, 0.6) is 0 Å². The van der Waals surface area contributed by atoms with Crippen LogP contribution in [0.25, 0.3) is 94.1 Å². The number of fused-ring (bicyclic) bond motifs is 8. The highest BCUT2D eigenvalue weighted by molar-refractivity contribution is 6.22. The Kier molecular flexibility index (Phi) is 5.54. The Hall–Kier alpha value is -6.39. The lowest BCUT2D eigenvalue weighted by atomic mass is 9.97. The number of rotatable bonds is 4. The number of H-pyrrole nitrogens is 1. The SMILES string of the molecule is c1ccc(-c2cc(-c3ccc4oc(-c5ccccc5)nc4c3)cc(-n3c4ccccc4c4ccc5c6ccccc6[nH]c5c43)c2)cc1. The van der Waals surface area contributed by atoms with Crippen LogP contribution in [0.2, 0.25) is 0 Å². The summed E-state index contributed by atoms with van der Waals surface area (Å²) in [5.41, 5.74) is 12.8. The van der Waals surface area contributed by atoms with Crippen LogP contribution in [-0.4, -0.2) is 14.5 Å². The zero-order valence-electron chi connectivity index (χ0n) is 25.3. The first-order valence-corrected chi connectivity index (χ1v) is 15.9. The number of benzene rings is 7. The lowest BCUT2D eigenvalue weighted by Gasteiger charge is -2.14. The van der Waals surface area contributed by atoms with E-state index in [4.69, 9.17) is 9.40 Å². The molecule has 3 aromatic heterocycles. The Labute approximate surface area is 270 Å². The van der Waals surface area contributed by atoms with Crippen LogP contribution >= 0.6 is 0 Å². The molecule has 0 aliphatic heterocycles. The van der Waals surface area contributed by atoms with E-state index in [1.54, 1.807) is 0 Å². The third-order valence-electron chi connectivity index (χ3n) is 9.34. The molecule has 1 N–H and O–H groups in total. The summed E-state index contributed by atoms with van der Waals surface area (Å²) in [6.07, 6.45) is 0. The molecule has 0 unspecified atom stereocenters. The van der Waals surface area contributed by atoms with Gasteiger partial charge in [0.25, 0.3) is 0 Å². The molecule has 0 atom stereocenters. The van der Waals surface area contributed by atoms with Crippen molar-refractivity contribution in [2.45, 2.75) is 0 Å². The maximum atomic E-state index is 6.16. The van der Waals surface area contributed by atoms with Crippen molar-refractivity contribution >= 4 is 54.7 Å². The van der Waals surface area contributed by atoms with Crippen molar-refractivity contribution in [3.8, 4) is 39.4 Å². The molecule has 7 aromatic carbocycles. The fourth-order valence-electron chi connectivity index (χ4n) is 7.15. The molecule has 0 fully saturated rings. The van der Waals surface area contributed by atoms with Crippen molar-refractivity contribution in [2.24, 2.45) is 0 Å². The normalized spacial score (nSPS) is 11.8. The van der Waals surface area contributed by atoms with Crippen molar-refractivity contribution in [3.05, 3.63) is 158 Å². The van der Waals surface area contributed by atoms with E-state index in [1.165, 1.54) is 38.1 Å². The molecule has 10 rings (SSSR count). The number of hydrogen-bond donors (Lipinski definition) is 1. The molecule has 4 nitrogen and oxygen atoms in total. The van der Waals surface area contributed by atoms with Crippen LogP contribution in [0.4, 0.5) is 0 Å². The van der Waals surface area contributed by atoms with E-state index < -0.39 is 0 Å². The number of aromatic nitrogens is 3. The van der Waals surface area contributed by atoms with E-state index in [0.717, 1.165) is 50.1 Å². The minimum absolute atomic E-state index is 0.629. The van der Waals surface area contributed by atoms with E-state index in [-0.39, 0.29) is 0 Å². The molecule has 0 aliphatic rings. The standard InChI is InChI=1S/C43H27N3O/c1-3-11-27(12-4-1)30-23-31(29-19-22-40-38(26-29)45-43(47-40)28-13-5-2-6-14-28)25-32(24-30)46-39-18-10-8-16-34(39)36-21-20-35-33-15-7-9-17-37(33)44-41(35)42(36)46/h1-26,44H. The summed E-state index contributed by atoms with van der Waals surface area (Å²) in [7, 11) is 0. The van der Waals surface area contributed by atoms with Gasteiger partial charge in [0.2, 0.25) is 5.89 Å². The largest absolute Gasteiger partial charge is 0.436 e. The zero-order valence-corrected chi connectivity index (χ0v) is 25.3. The van der Waals surface area contributed by atoms with Gasteiger partial charge in [-0.3, -0.25) is 0 Å². The minimum atomic E-state index is 0.629. The van der Waals surface area contributed by atoms with Gasteiger partial charge in [0.05, 0.1) is 16.6 Å². The Morgan fingerprint density at radius 1 is 0.489 bits per heavy atom. The number of nitrogens with one attached hydrogen (secondary N) is 1. The van der Waals surface area contributed by atoms with Gasteiger partial charge in [0, 0.05) is 38.3 Å². The monoisotopic (exact) mass is 601 g/mol. The van der Waals surface area contributed by atoms with Gasteiger partial charge < -0.3 is 14.0 Å². The lowest BCUT2D eigenvalue weighted by Crippen LogP contribution is -1.96. The molecule has 0 radical (unpaired) electrons. The summed E-state index contributed by atoms with van der Waals surface area (Å²) in [6.45, 7) is 0. The van der Waals surface area contributed by atoms with E-state index in [2.05, 4.69) is 131 Å². The Balaban J connectivity index is 1.25. The molecule has 0 saturated carbocycles. The molecule has 220 valence electrons. The maximum absolute atomic E-state index is 6.16. The number of aromatic amines is 1. The summed E-state index contributed by atoms with van der Waals surface area (Å²) in [5, 5.41) is 4.91. The number of oxazole rings is 1. The van der Waals surface area contributed by atoms with E-state index in [1.807, 2.05) is 36.4 Å². The third kappa shape index (κ3) is 4.05. The van der Waals surface area contributed by atoms with Gasteiger partial charge in [0.1, 0.15) is 5.52 Å². The Bertz CT molecular complexity index is 2780. The second-order valence-corrected chi connectivity index (χ2v) is 12.1. The average Bonchev–Trinajstić information content (AvgIpc) is 3.84. The van der Waals surface area contributed by atoms with E-state index in [9.17, 15) is 0 Å². The molecular weight excluding hydrogens is 574 g/mol. The molecule has 0 saturated heterocycles. The van der Waals surface area contributed by atoms with Gasteiger partial charge >= 0.3 is 0 Å². The van der Waals surface area contributed by atoms with Gasteiger partial charge in [-0.2, -0.15) is 0 Å². The van der Waals surface area contributed by atoms with Crippen LogP contribution in [0, 0.1) is 0 Å². The molecule has 0 aliphatic carbocycles. The first kappa shape index (κ1) is 25.9. The quantitative estimate of drug-likeness (QED) is 0.218. The van der Waals surface area contributed by atoms with Gasteiger partial charge in [-0.05, 0) is 76.9 Å². The second kappa shape index (κ2) is 10.1. The molecular formula is C43H27N3O. The van der Waals surface area contributed by atoms with Gasteiger partial charge in [0.15, 0.2) is 5.58 Å². The average molecular weight is 602 g/mol. The highest BCUT2D eigenvalue weighted by Crippen LogP contribution is 2.40. The molecule has 0 amide bonds. The van der Waals surface area contributed by atoms with Crippen molar-refractivity contribution in [3.63, 3.8) is 0 Å². The maximum Gasteiger partial charge on any atom is 0.227 e. The highest BCUT2D eigenvalue weighted by atomic mass is 16.3. The molecule has 10 aromatic rings. The highest BCUT2D eigenvalue weighted by Gasteiger charge is 2.19. The second-order valence-electron chi connectivity index (χ2n) is 12.1. The summed E-state index contributed by atoms with van der Waals surface area (Å²) >= 11 is 0. The first-order chi connectivity index (χ1) is 23.3. The molecule has 47 heavy (non-hydrogen) atoms. The summed E-state index contributed by atoms with van der Waals surface area (Å²) < 4.78 is 8.60. The van der Waals surface area contributed by atoms with Crippen molar-refractivity contribution in [1.82, 2.24) is 14.5 Å². The van der Waals surface area contributed by atoms with Crippen molar-refractivity contribution in [1.29, 1.82) is 0 Å². The van der Waals surface area contributed by atoms with Crippen LogP contribution < -0.4 is 0 Å². The lowest BCUT2D eigenvalue weighted by molar-refractivity contribution is 0.620. The topological polar surface area (TPSA) is 46.8 Å². The summed E-state index contributed by atoms with van der Waals surface area (Å²) in [5.74, 6) is 0.629. The zero-order chi connectivity index (χ0) is 30.9. The van der Waals surface area contributed by atoms with Crippen molar-refractivity contribution in [2.75, 3.05) is 0 Å². The smallest absolute Gasteiger partial charge is 0.227 e. The van der Waals surface area contributed by atoms with Crippen LogP contribution in [-0.2, 0) is 0 Å². The molecule has 4 heteroatoms. The number of nitrogens with zero attached hydrogens (tertiary/aromatic N) is 2. The van der Waals surface area contributed by atoms with E-state index in [0.29, 0.717) is 5.89 Å². The first-order valence-electron chi connectivity index (χ1n) is 15.9. The number of hydrogen-bond acceptors (Lipinski definition) is 2. The van der Waals surface area contributed by atoms with Crippen LogP contribution in [0.1, 0.15) is 0 Å². The predicted octanol–water partition coefficient (Wildman–Crippen LogP) is 11.6. The Morgan fingerprint density at radius 2 is 1.17 bits per heavy atom. The molecule has 3 heterocycles. The van der Waals surface area contributed by atoms with Crippen LogP contribution in [0.15, 0.2) is 162 Å². The fourth-order valence-corrected chi connectivity index (χ4v) is 7.15. The van der Waals surface area contributed by atoms with Crippen LogP contribution in [0.3, 0.4) is 0 Å².